The second kappa shape index (κ2) is 8.00. The molecular weight excluding hydrogens is 316 g/mol. The molecule has 25 heavy (non-hydrogen) atoms. The molecule has 2 aromatic rings. The van der Waals surface area contributed by atoms with E-state index < -0.39 is 0 Å². The van der Waals surface area contributed by atoms with Gasteiger partial charge in [0.25, 0.3) is 0 Å². The minimum atomic E-state index is -0.202. The third-order valence-corrected chi connectivity index (χ3v) is 4.31. The van der Waals surface area contributed by atoms with Crippen molar-refractivity contribution in [2.24, 2.45) is 7.05 Å². The molecule has 2 rings (SSSR count). The van der Waals surface area contributed by atoms with E-state index in [0.29, 0.717) is 6.54 Å². The monoisotopic (exact) mass is 344 g/mol. The Morgan fingerprint density at radius 1 is 1.32 bits per heavy atom. The number of amides is 2. The second-order valence-corrected chi connectivity index (χ2v) is 6.38. The lowest BCUT2D eigenvalue weighted by Gasteiger charge is -2.18. The highest BCUT2D eigenvalue weighted by Gasteiger charge is 2.20. The van der Waals surface area contributed by atoms with Crippen LogP contribution in [-0.2, 0) is 13.6 Å². The lowest BCUT2D eigenvalue weighted by molar-refractivity contribution is 0.236. The zero-order chi connectivity index (χ0) is 18.6. The molecule has 0 saturated carbocycles. The van der Waals surface area contributed by atoms with Crippen LogP contribution in [0.4, 0.5) is 10.6 Å². The SMILES string of the molecule is CC[C@H](NC(=O)NCc1cccc(N(C)C)n1)c1c(C)nn(C)c1C. The molecule has 0 bridgehead atoms. The molecule has 0 aliphatic carbocycles. The molecule has 0 aliphatic heterocycles. The molecule has 2 heterocycles. The fraction of sp³-hybridized carbons (Fsp3) is 0.500. The summed E-state index contributed by atoms with van der Waals surface area (Å²) in [5.74, 6) is 0.868. The Hall–Kier alpha value is -2.57. The van der Waals surface area contributed by atoms with E-state index in [2.05, 4.69) is 27.6 Å². The number of anilines is 1. The maximum Gasteiger partial charge on any atom is 0.315 e. The van der Waals surface area contributed by atoms with Gasteiger partial charge in [-0.05, 0) is 32.4 Å². The van der Waals surface area contributed by atoms with Crippen molar-refractivity contribution in [2.75, 3.05) is 19.0 Å². The van der Waals surface area contributed by atoms with Crippen molar-refractivity contribution in [3.05, 3.63) is 40.8 Å². The molecule has 7 heteroatoms. The Morgan fingerprint density at radius 2 is 2.04 bits per heavy atom. The number of hydrogen-bond acceptors (Lipinski definition) is 4. The minimum absolute atomic E-state index is 0.0604. The topological polar surface area (TPSA) is 75.1 Å². The maximum absolute atomic E-state index is 12.3. The molecule has 2 aromatic heterocycles. The summed E-state index contributed by atoms with van der Waals surface area (Å²) in [6, 6.07) is 5.51. The highest BCUT2D eigenvalue weighted by molar-refractivity contribution is 5.74. The number of pyridine rings is 1. The fourth-order valence-electron chi connectivity index (χ4n) is 2.87. The normalized spacial score (nSPS) is 11.9. The summed E-state index contributed by atoms with van der Waals surface area (Å²) in [5.41, 5.74) is 3.94. The van der Waals surface area contributed by atoms with Crippen molar-refractivity contribution in [1.29, 1.82) is 0 Å². The number of carbonyl (C=O) groups excluding carboxylic acids is 1. The highest BCUT2D eigenvalue weighted by atomic mass is 16.2. The van der Waals surface area contributed by atoms with E-state index in [1.807, 2.05) is 62.8 Å². The van der Waals surface area contributed by atoms with E-state index in [1.54, 1.807) is 0 Å². The number of carbonyl (C=O) groups is 1. The molecule has 0 spiro atoms. The maximum atomic E-state index is 12.3. The van der Waals surface area contributed by atoms with Crippen molar-refractivity contribution in [3.8, 4) is 0 Å². The van der Waals surface area contributed by atoms with Gasteiger partial charge in [0, 0.05) is 32.4 Å². The highest BCUT2D eigenvalue weighted by Crippen LogP contribution is 2.23. The largest absolute Gasteiger partial charge is 0.363 e. The molecule has 0 fully saturated rings. The van der Waals surface area contributed by atoms with Crippen molar-refractivity contribution >= 4 is 11.8 Å². The van der Waals surface area contributed by atoms with Crippen LogP contribution >= 0.6 is 0 Å². The van der Waals surface area contributed by atoms with Crippen LogP contribution in [-0.4, -0.2) is 34.9 Å². The van der Waals surface area contributed by atoms with Gasteiger partial charge in [0.2, 0.25) is 0 Å². The van der Waals surface area contributed by atoms with E-state index in [-0.39, 0.29) is 12.1 Å². The van der Waals surface area contributed by atoms with Crippen molar-refractivity contribution in [3.63, 3.8) is 0 Å². The number of aromatic nitrogens is 3. The van der Waals surface area contributed by atoms with Crippen LogP contribution in [0.25, 0.3) is 0 Å². The average molecular weight is 344 g/mol. The molecule has 0 aliphatic rings. The Morgan fingerprint density at radius 3 is 2.60 bits per heavy atom. The van der Waals surface area contributed by atoms with Crippen LogP contribution in [0.1, 0.15) is 42.0 Å². The van der Waals surface area contributed by atoms with Gasteiger partial charge in [0.1, 0.15) is 5.82 Å². The summed E-state index contributed by atoms with van der Waals surface area (Å²) < 4.78 is 1.85. The summed E-state index contributed by atoms with van der Waals surface area (Å²) in [7, 11) is 5.80. The lowest BCUT2D eigenvalue weighted by Crippen LogP contribution is -2.38. The van der Waals surface area contributed by atoms with Crippen LogP contribution in [0.2, 0.25) is 0 Å². The number of nitrogens with zero attached hydrogens (tertiary/aromatic N) is 4. The summed E-state index contributed by atoms with van der Waals surface area (Å²) in [5, 5.41) is 10.4. The zero-order valence-electron chi connectivity index (χ0n) is 15.9. The molecule has 0 saturated heterocycles. The van der Waals surface area contributed by atoms with Gasteiger partial charge < -0.3 is 15.5 Å². The molecule has 2 N–H and O–H groups in total. The quantitative estimate of drug-likeness (QED) is 0.844. The number of nitrogens with one attached hydrogen (secondary N) is 2. The summed E-state index contributed by atoms with van der Waals surface area (Å²) >= 11 is 0. The van der Waals surface area contributed by atoms with E-state index in [9.17, 15) is 4.79 Å². The van der Waals surface area contributed by atoms with E-state index in [4.69, 9.17) is 0 Å². The number of urea groups is 1. The Bertz CT molecular complexity index is 737. The number of hydrogen-bond donors (Lipinski definition) is 2. The van der Waals surface area contributed by atoms with E-state index in [1.165, 1.54) is 0 Å². The van der Waals surface area contributed by atoms with Gasteiger partial charge in [-0.15, -0.1) is 0 Å². The zero-order valence-corrected chi connectivity index (χ0v) is 15.9. The Kier molecular flexibility index (Phi) is 6.01. The van der Waals surface area contributed by atoms with Crippen LogP contribution in [0.15, 0.2) is 18.2 Å². The molecule has 0 radical (unpaired) electrons. The molecule has 7 nitrogen and oxygen atoms in total. The Labute approximate surface area is 149 Å². The number of rotatable bonds is 6. The predicted molar refractivity (Wildman–Crippen MR) is 99.6 cm³/mol. The lowest BCUT2D eigenvalue weighted by atomic mass is 10.0. The molecular formula is C18H28N6O. The molecule has 2 amide bonds. The first-order valence-electron chi connectivity index (χ1n) is 8.51. The molecule has 1 atom stereocenters. The van der Waals surface area contributed by atoms with Gasteiger partial charge in [-0.25, -0.2) is 9.78 Å². The first kappa shape index (κ1) is 18.8. The van der Waals surface area contributed by atoms with Gasteiger partial charge in [-0.1, -0.05) is 13.0 Å². The average Bonchev–Trinajstić information content (AvgIpc) is 2.83. The number of aryl methyl sites for hydroxylation is 2. The summed E-state index contributed by atoms with van der Waals surface area (Å²) in [6.45, 7) is 6.43. The third-order valence-electron chi connectivity index (χ3n) is 4.31. The molecule has 0 unspecified atom stereocenters. The first-order chi connectivity index (χ1) is 11.8. The van der Waals surface area contributed by atoms with Crippen molar-refractivity contribution in [1.82, 2.24) is 25.4 Å². The fourth-order valence-corrected chi connectivity index (χ4v) is 2.87. The standard InChI is InChI=1S/C18H28N6O/c1-7-15(17-12(2)22-24(6)13(17)3)21-18(25)19-11-14-9-8-10-16(20-14)23(4)5/h8-10,15H,7,11H2,1-6H3,(H2,19,21,25)/t15-/m0/s1. The summed E-state index contributed by atoms with van der Waals surface area (Å²) in [4.78, 5) is 18.8. The van der Waals surface area contributed by atoms with E-state index >= 15 is 0 Å². The van der Waals surface area contributed by atoms with Crippen molar-refractivity contribution in [2.45, 2.75) is 39.8 Å². The van der Waals surface area contributed by atoms with Gasteiger partial charge in [-0.3, -0.25) is 4.68 Å². The van der Waals surface area contributed by atoms with Crippen LogP contribution in [0.3, 0.4) is 0 Å². The van der Waals surface area contributed by atoms with Gasteiger partial charge >= 0.3 is 6.03 Å². The van der Waals surface area contributed by atoms with Crippen LogP contribution in [0, 0.1) is 13.8 Å². The summed E-state index contributed by atoms with van der Waals surface area (Å²) in [6.07, 6.45) is 0.801. The predicted octanol–water partition coefficient (Wildman–Crippen LogP) is 2.45. The smallest absolute Gasteiger partial charge is 0.315 e. The van der Waals surface area contributed by atoms with Gasteiger partial charge in [0.15, 0.2) is 0 Å². The molecule has 136 valence electrons. The first-order valence-corrected chi connectivity index (χ1v) is 8.51. The molecule has 0 aromatic carbocycles. The second-order valence-electron chi connectivity index (χ2n) is 6.38. The van der Waals surface area contributed by atoms with Gasteiger partial charge in [-0.2, -0.15) is 5.10 Å². The third kappa shape index (κ3) is 4.49. The van der Waals surface area contributed by atoms with E-state index in [0.717, 1.165) is 34.9 Å². The Balaban J connectivity index is 2.00. The van der Waals surface area contributed by atoms with Gasteiger partial charge in [0.05, 0.1) is 24.0 Å². The van der Waals surface area contributed by atoms with Crippen molar-refractivity contribution < 1.29 is 4.79 Å². The minimum Gasteiger partial charge on any atom is -0.363 e. The van der Waals surface area contributed by atoms with Crippen LogP contribution < -0.4 is 15.5 Å². The van der Waals surface area contributed by atoms with Crippen LogP contribution in [0.5, 0.6) is 0 Å².